The molecule has 0 aliphatic carbocycles. The molecule has 0 saturated heterocycles. The fraction of sp³-hybridized carbons (Fsp3) is 0.929. The molecule has 0 aliphatic rings. The van der Waals surface area contributed by atoms with Gasteiger partial charge in [-0.15, -0.1) is 0 Å². The van der Waals surface area contributed by atoms with Crippen LogP contribution in [0.2, 0.25) is 0 Å². The summed E-state index contributed by atoms with van der Waals surface area (Å²) in [5.41, 5.74) is -5.09. The summed E-state index contributed by atoms with van der Waals surface area (Å²) >= 11 is -3.78. The Hall–Kier alpha value is 0.470. The molecule has 0 saturated carbocycles. The van der Waals surface area contributed by atoms with Gasteiger partial charge < -0.3 is 0 Å². The molecule has 1 unspecified atom stereocenters. The van der Waals surface area contributed by atoms with Crippen molar-refractivity contribution < 1.29 is 41.0 Å². The molecule has 1 N–H and O–H groups in total. The number of halogens is 8. The molecular weight excluding hydrogens is 584 g/mol. The zero-order valence-corrected chi connectivity index (χ0v) is 19.3. The standard InChI is InChI=1S/C14H24F6I2O3/c1-10(2,21(4)5)11(3,22(6)7)9(23)25-8-12(24,13(15,16)17)14(18,19)20/h24H,8H2,1-7H3. The van der Waals surface area contributed by atoms with Gasteiger partial charge in [0.05, 0.1) is 0 Å². The maximum absolute atomic E-state index is 12.7. The van der Waals surface area contributed by atoms with Gasteiger partial charge in [-0.05, 0) is 0 Å². The van der Waals surface area contributed by atoms with Crippen LogP contribution in [0, 0.1) is 0 Å². The van der Waals surface area contributed by atoms with Crippen molar-refractivity contribution in [3.8, 4) is 0 Å². The van der Waals surface area contributed by atoms with Crippen LogP contribution in [-0.4, -0.2) is 62.2 Å². The number of hydrogen-bond acceptors (Lipinski definition) is 3. The minimum atomic E-state index is -6.01. The van der Waals surface area contributed by atoms with Crippen LogP contribution in [0.3, 0.4) is 0 Å². The van der Waals surface area contributed by atoms with Crippen molar-refractivity contribution in [1.29, 1.82) is 0 Å². The van der Waals surface area contributed by atoms with E-state index in [0.29, 0.717) is 0 Å². The van der Waals surface area contributed by atoms with Gasteiger partial charge in [0.2, 0.25) is 0 Å². The number of alkyl halides is 12. The third-order valence-corrected chi connectivity index (χ3v) is 18.2. The molecular formula is C14H24F6I2O3. The van der Waals surface area contributed by atoms with Gasteiger partial charge in [-0.2, -0.15) is 0 Å². The van der Waals surface area contributed by atoms with E-state index in [2.05, 4.69) is 4.74 Å². The SMILES string of the molecule is CI(C)C(C)(C)C(C)(C(=O)OCC(O)(C(F)(F)F)C(F)(F)F)I(C)C. The normalized spacial score (nSPS) is 17.7. The second kappa shape index (κ2) is 7.84. The summed E-state index contributed by atoms with van der Waals surface area (Å²) in [4.78, 5) is 20.1. The first-order chi connectivity index (χ1) is 10.8. The molecule has 0 aromatic carbocycles. The van der Waals surface area contributed by atoms with E-state index in [4.69, 9.17) is 5.11 Å². The van der Waals surface area contributed by atoms with E-state index in [1.165, 1.54) is 0 Å². The van der Waals surface area contributed by atoms with E-state index in [1.54, 1.807) is 20.8 Å². The Morgan fingerprint density at radius 3 is 1.48 bits per heavy atom. The molecule has 154 valence electrons. The van der Waals surface area contributed by atoms with Crippen molar-refractivity contribution >= 4 is 45.6 Å². The second-order valence-electron chi connectivity index (χ2n) is 6.42. The van der Waals surface area contributed by atoms with Gasteiger partial charge in [-0.25, -0.2) is 0 Å². The van der Waals surface area contributed by atoms with Gasteiger partial charge in [0, 0.05) is 0 Å². The summed E-state index contributed by atoms with van der Waals surface area (Å²) in [6.07, 6.45) is -12.0. The van der Waals surface area contributed by atoms with Gasteiger partial charge in [0.15, 0.2) is 0 Å². The first-order valence-electron chi connectivity index (χ1n) is 6.80. The van der Waals surface area contributed by atoms with Crippen LogP contribution >= 0.6 is 39.6 Å². The predicted octanol–water partition coefficient (Wildman–Crippen LogP) is 4.45. The molecule has 0 aromatic heterocycles. The fourth-order valence-corrected chi connectivity index (χ4v) is 13.1. The summed E-state index contributed by atoms with van der Waals surface area (Å²) in [6, 6.07) is 0. The molecule has 11 heteroatoms. The third kappa shape index (κ3) is 4.66. The Bertz CT molecular complexity index is 474. The monoisotopic (exact) mass is 608 g/mol. The molecule has 0 aliphatic heterocycles. The summed E-state index contributed by atoms with van der Waals surface area (Å²) in [7, 11) is 0. The first kappa shape index (κ1) is 25.5. The number of carbonyl (C=O) groups excluding carboxylic acids is 1. The Labute approximate surface area is 158 Å². The molecule has 0 spiro atoms. The van der Waals surface area contributed by atoms with E-state index >= 15 is 0 Å². The number of rotatable bonds is 6. The number of esters is 1. The van der Waals surface area contributed by atoms with Crippen LogP contribution in [0.4, 0.5) is 26.3 Å². The number of aliphatic hydroxyl groups is 1. The Morgan fingerprint density at radius 2 is 1.24 bits per heavy atom. The van der Waals surface area contributed by atoms with Crippen molar-refractivity contribution in [1.82, 2.24) is 0 Å². The van der Waals surface area contributed by atoms with Crippen molar-refractivity contribution in [2.24, 2.45) is 0 Å². The van der Waals surface area contributed by atoms with E-state index < -0.39 is 77.0 Å². The summed E-state index contributed by atoms with van der Waals surface area (Å²) in [6.45, 7) is 2.96. The Morgan fingerprint density at radius 1 is 0.880 bits per heavy atom. The van der Waals surface area contributed by atoms with Crippen LogP contribution in [0.5, 0.6) is 0 Å². The quantitative estimate of drug-likeness (QED) is 0.210. The zero-order valence-electron chi connectivity index (χ0n) is 15.0. The summed E-state index contributed by atoms with van der Waals surface area (Å²) < 4.78 is 79.1. The molecule has 3 nitrogen and oxygen atoms in total. The molecule has 0 radical (unpaired) electrons. The second-order valence-corrected chi connectivity index (χ2v) is 19.9. The predicted molar refractivity (Wildman–Crippen MR) is 102 cm³/mol. The van der Waals surface area contributed by atoms with Crippen LogP contribution in [-0.2, 0) is 9.53 Å². The van der Waals surface area contributed by atoms with Gasteiger partial charge in [-0.3, -0.25) is 0 Å². The molecule has 0 aromatic rings. The fourth-order valence-electron chi connectivity index (χ4n) is 1.83. The topological polar surface area (TPSA) is 46.5 Å². The van der Waals surface area contributed by atoms with Gasteiger partial charge >= 0.3 is 158 Å². The van der Waals surface area contributed by atoms with Crippen LogP contribution < -0.4 is 0 Å². The molecule has 0 bridgehead atoms. The van der Waals surface area contributed by atoms with Crippen molar-refractivity contribution in [3.05, 3.63) is 0 Å². The van der Waals surface area contributed by atoms with E-state index in [9.17, 15) is 31.1 Å². The number of ether oxygens (including phenoxy) is 1. The van der Waals surface area contributed by atoms with Crippen molar-refractivity contribution in [3.63, 3.8) is 0 Å². The summed E-state index contributed by atoms with van der Waals surface area (Å²) in [5.74, 6) is -1.11. The van der Waals surface area contributed by atoms with E-state index in [-0.39, 0.29) is 0 Å². The minimum absolute atomic E-state index is 0.559. The van der Waals surface area contributed by atoms with Crippen molar-refractivity contribution in [2.45, 2.75) is 45.6 Å². The van der Waals surface area contributed by atoms with E-state index in [0.717, 1.165) is 0 Å². The number of hydrogen-bond donors (Lipinski definition) is 1. The number of carbonyl (C=O) groups is 1. The Kier molecular flexibility index (Phi) is 7.99. The van der Waals surface area contributed by atoms with Crippen LogP contribution in [0.25, 0.3) is 0 Å². The summed E-state index contributed by atoms with van der Waals surface area (Å²) in [5, 5.41) is 9.14. The van der Waals surface area contributed by atoms with Gasteiger partial charge in [-0.1, -0.05) is 0 Å². The molecule has 0 amide bonds. The van der Waals surface area contributed by atoms with Crippen molar-refractivity contribution in [2.75, 3.05) is 26.3 Å². The average Bonchev–Trinajstić information content (AvgIpc) is 2.39. The third-order valence-electron chi connectivity index (χ3n) is 4.55. The molecule has 25 heavy (non-hydrogen) atoms. The van der Waals surface area contributed by atoms with Gasteiger partial charge in [0.1, 0.15) is 0 Å². The molecule has 1 atom stereocenters. The zero-order chi connectivity index (χ0) is 20.6. The molecule has 0 heterocycles. The van der Waals surface area contributed by atoms with E-state index in [1.807, 2.05) is 19.7 Å². The van der Waals surface area contributed by atoms with Crippen LogP contribution in [0.1, 0.15) is 20.8 Å². The maximum atomic E-state index is 12.7. The van der Waals surface area contributed by atoms with Crippen LogP contribution in [0.15, 0.2) is 0 Å². The molecule has 0 rings (SSSR count). The average molecular weight is 608 g/mol. The molecule has 0 fully saturated rings. The Balaban J connectivity index is 5.76. The first-order valence-corrected chi connectivity index (χ1v) is 17.6. The van der Waals surface area contributed by atoms with Gasteiger partial charge in [0.25, 0.3) is 0 Å².